The van der Waals surface area contributed by atoms with Crippen LogP contribution in [0.5, 0.6) is 5.75 Å². The van der Waals surface area contributed by atoms with E-state index in [9.17, 15) is 14.4 Å². The van der Waals surface area contributed by atoms with E-state index in [0.29, 0.717) is 42.0 Å². The topological polar surface area (TPSA) is 98.0 Å². The summed E-state index contributed by atoms with van der Waals surface area (Å²) in [6.07, 6.45) is 1.79. The zero-order valence-corrected chi connectivity index (χ0v) is 24.0. The molecule has 0 spiro atoms. The summed E-state index contributed by atoms with van der Waals surface area (Å²) in [6.45, 7) is 3.32. The first-order valence-electron chi connectivity index (χ1n) is 12.7. The highest BCUT2D eigenvalue weighted by molar-refractivity contribution is 9.11. The molecule has 1 saturated carbocycles. The zero-order chi connectivity index (χ0) is 27.0. The Morgan fingerprint density at radius 2 is 1.89 bits per heavy atom. The van der Waals surface area contributed by atoms with Gasteiger partial charge in [-0.1, -0.05) is 18.2 Å². The number of nitrogens with zero attached hydrogens (tertiary/aromatic N) is 2. The van der Waals surface area contributed by atoms with Gasteiger partial charge in [0.05, 0.1) is 42.0 Å². The molecule has 3 aromatic rings. The van der Waals surface area contributed by atoms with Crippen LogP contribution in [0, 0.1) is 12.8 Å². The van der Waals surface area contributed by atoms with Crippen molar-refractivity contribution < 1.29 is 23.7 Å². The highest BCUT2D eigenvalue weighted by Gasteiger charge is 2.39. The first-order chi connectivity index (χ1) is 18.3. The van der Waals surface area contributed by atoms with E-state index >= 15 is 0 Å². The summed E-state index contributed by atoms with van der Waals surface area (Å²) >= 11 is 4.94. The Hall–Kier alpha value is -2.47. The molecule has 5 rings (SSSR count). The number of fused-ring (bicyclic) bond motifs is 1. The van der Waals surface area contributed by atoms with E-state index in [-0.39, 0.29) is 36.1 Å². The highest BCUT2D eigenvalue weighted by atomic mass is 79.9. The fraction of sp³-hybridized carbons (Fsp3) is 0.519. The molecule has 11 heteroatoms. The fourth-order valence-corrected chi connectivity index (χ4v) is 7.02. The number of aromatic nitrogens is 2. The van der Waals surface area contributed by atoms with Gasteiger partial charge in [-0.2, -0.15) is 0 Å². The Bertz CT molecular complexity index is 1450. The molecule has 2 aliphatic rings. The fourth-order valence-electron chi connectivity index (χ4n) is 5.34. The minimum absolute atomic E-state index is 0.0278. The van der Waals surface area contributed by atoms with Crippen LogP contribution in [0.15, 0.2) is 37.6 Å². The van der Waals surface area contributed by atoms with Crippen LogP contribution in [0.25, 0.3) is 10.2 Å². The number of carbonyl (C=O) groups excluding carboxylic acids is 1. The van der Waals surface area contributed by atoms with Gasteiger partial charge in [-0.15, -0.1) is 11.3 Å². The zero-order valence-electron chi connectivity index (χ0n) is 21.6. The molecule has 1 aliphatic heterocycles. The van der Waals surface area contributed by atoms with Crippen LogP contribution in [-0.2, 0) is 25.5 Å². The number of halogens is 1. The van der Waals surface area contributed by atoms with Gasteiger partial charge in [0.15, 0.2) is 0 Å². The maximum Gasteiger partial charge on any atom is 0.332 e. The average molecular weight is 608 g/mol. The van der Waals surface area contributed by atoms with Crippen molar-refractivity contribution in [2.24, 2.45) is 5.92 Å². The van der Waals surface area contributed by atoms with Gasteiger partial charge < -0.3 is 18.9 Å². The molecular weight excluding hydrogens is 576 g/mol. The van der Waals surface area contributed by atoms with Gasteiger partial charge in [0.2, 0.25) is 0 Å². The van der Waals surface area contributed by atoms with Crippen molar-refractivity contribution in [2.45, 2.75) is 57.4 Å². The van der Waals surface area contributed by atoms with Crippen molar-refractivity contribution >= 4 is 43.5 Å². The number of benzene rings is 1. The lowest BCUT2D eigenvalue weighted by Gasteiger charge is -2.34. The second kappa shape index (κ2) is 11.3. The molecule has 3 heterocycles. The summed E-state index contributed by atoms with van der Waals surface area (Å²) in [5.74, 6) is 0.0471. The van der Waals surface area contributed by atoms with Gasteiger partial charge in [-0.25, -0.2) is 4.79 Å². The van der Waals surface area contributed by atoms with Crippen molar-refractivity contribution in [1.29, 1.82) is 0 Å². The molecule has 2 aromatic heterocycles. The summed E-state index contributed by atoms with van der Waals surface area (Å²) in [7, 11) is 2.96. The second-order valence-electron chi connectivity index (χ2n) is 9.77. The monoisotopic (exact) mass is 606 g/mol. The quantitative estimate of drug-likeness (QED) is 0.351. The normalized spacial score (nSPS) is 20.7. The molecule has 0 unspecified atom stereocenters. The number of methoxy groups -OCH3 is 2. The summed E-state index contributed by atoms with van der Waals surface area (Å²) < 4.78 is 26.4. The lowest BCUT2D eigenvalue weighted by atomic mass is 9.80. The maximum atomic E-state index is 14.0. The van der Waals surface area contributed by atoms with Crippen LogP contribution >= 0.6 is 27.3 Å². The molecule has 0 bridgehead atoms. The van der Waals surface area contributed by atoms with Gasteiger partial charge in [0.1, 0.15) is 16.7 Å². The van der Waals surface area contributed by atoms with E-state index in [0.717, 1.165) is 27.8 Å². The van der Waals surface area contributed by atoms with E-state index in [4.69, 9.17) is 18.9 Å². The highest BCUT2D eigenvalue weighted by Crippen LogP contribution is 2.39. The van der Waals surface area contributed by atoms with Gasteiger partial charge in [-0.3, -0.25) is 18.7 Å². The van der Waals surface area contributed by atoms with Crippen LogP contribution in [0.3, 0.4) is 0 Å². The number of ether oxygens (including phenoxy) is 4. The third-order valence-corrected chi connectivity index (χ3v) is 9.74. The molecular formula is C27H31BrN2O7S. The number of carbonyl (C=O) groups is 1. The summed E-state index contributed by atoms with van der Waals surface area (Å²) in [6, 6.07) is 7.27. The van der Waals surface area contributed by atoms with E-state index < -0.39 is 11.8 Å². The van der Waals surface area contributed by atoms with Crippen LogP contribution in [0.1, 0.15) is 49.0 Å². The standard InChI is InChI=1S/C27H31BrN2O7S/c1-15-22-24(31)30(17-12-16(13-17)26(32)35-3)27(33)29(25(22)38-23(15)28)14-21(37-18-8-10-36-11-9-18)19-6-4-5-7-20(19)34-2/h4-7,16-18,21H,8-14H2,1-3H3/t16?,17?,21-/m0/s1. The van der Waals surface area contributed by atoms with Crippen LogP contribution in [0.4, 0.5) is 0 Å². The number of aryl methyl sites for hydroxylation is 1. The molecule has 2 fully saturated rings. The molecule has 1 aromatic carbocycles. The number of hydrogen-bond donors (Lipinski definition) is 0. The van der Waals surface area contributed by atoms with Crippen molar-refractivity contribution in [3.05, 3.63) is 60.0 Å². The number of thiophene rings is 1. The molecule has 38 heavy (non-hydrogen) atoms. The van der Waals surface area contributed by atoms with Gasteiger partial charge >= 0.3 is 11.7 Å². The smallest absolute Gasteiger partial charge is 0.332 e. The first kappa shape index (κ1) is 27.1. The predicted molar refractivity (Wildman–Crippen MR) is 147 cm³/mol. The molecule has 1 saturated heterocycles. The lowest BCUT2D eigenvalue weighted by molar-refractivity contribution is -0.149. The van der Waals surface area contributed by atoms with E-state index in [1.807, 2.05) is 31.2 Å². The summed E-state index contributed by atoms with van der Waals surface area (Å²) in [5, 5.41) is 0.507. The van der Waals surface area contributed by atoms with Crippen molar-refractivity contribution in [3.63, 3.8) is 0 Å². The first-order valence-corrected chi connectivity index (χ1v) is 14.3. The molecule has 1 atom stereocenters. The number of hydrogen-bond acceptors (Lipinski definition) is 8. The van der Waals surface area contributed by atoms with Crippen LogP contribution in [-0.4, -0.2) is 48.6 Å². The second-order valence-corrected chi connectivity index (χ2v) is 12.1. The largest absolute Gasteiger partial charge is 0.496 e. The minimum atomic E-state index is -0.494. The van der Waals surface area contributed by atoms with Gasteiger partial charge in [0, 0.05) is 24.8 Å². The van der Waals surface area contributed by atoms with Crippen LogP contribution in [0.2, 0.25) is 0 Å². The Labute approximate surface area is 232 Å². The summed E-state index contributed by atoms with van der Waals surface area (Å²) in [5.41, 5.74) is 0.898. The number of para-hydroxylation sites is 1. The third kappa shape index (κ3) is 4.97. The van der Waals surface area contributed by atoms with Gasteiger partial charge in [0.25, 0.3) is 5.56 Å². The van der Waals surface area contributed by atoms with E-state index in [1.54, 1.807) is 11.7 Å². The average Bonchev–Trinajstić information content (AvgIpc) is 3.21. The third-order valence-electron chi connectivity index (χ3n) is 7.56. The Morgan fingerprint density at radius 3 is 2.58 bits per heavy atom. The Balaban J connectivity index is 1.61. The van der Waals surface area contributed by atoms with Crippen LogP contribution < -0.4 is 16.0 Å². The number of rotatable bonds is 8. The molecule has 0 amide bonds. The maximum absolute atomic E-state index is 14.0. The Morgan fingerprint density at radius 1 is 1.18 bits per heavy atom. The van der Waals surface area contributed by atoms with E-state index in [2.05, 4.69) is 15.9 Å². The Kier molecular flexibility index (Phi) is 8.08. The lowest BCUT2D eigenvalue weighted by Crippen LogP contribution is -2.47. The molecule has 0 radical (unpaired) electrons. The molecule has 9 nitrogen and oxygen atoms in total. The van der Waals surface area contributed by atoms with Crippen molar-refractivity contribution in [1.82, 2.24) is 9.13 Å². The number of esters is 1. The SMILES string of the molecule is COC(=O)C1CC(n2c(=O)c3c(C)c(Br)sc3n(C[C@H](OC3CCOCC3)c3ccccc3OC)c2=O)C1. The van der Waals surface area contributed by atoms with Crippen molar-refractivity contribution in [3.8, 4) is 5.75 Å². The molecule has 1 aliphatic carbocycles. The van der Waals surface area contributed by atoms with Crippen molar-refractivity contribution in [2.75, 3.05) is 27.4 Å². The predicted octanol–water partition coefficient (Wildman–Crippen LogP) is 4.37. The van der Waals surface area contributed by atoms with Gasteiger partial charge in [-0.05, 0) is 60.2 Å². The summed E-state index contributed by atoms with van der Waals surface area (Å²) in [4.78, 5) is 40.2. The minimum Gasteiger partial charge on any atom is -0.496 e. The molecule has 204 valence electrons. The molecule has 0 N–H and O–H groups in total. The van der Waals surface area contributed by atoms with E-state index in [1.165, 1.54) is 23.0 Å².